The zero-order valence-electron chi connectivity index (χ0n) is 12.0. The van der Waals surface area contributed by atoms with Crippen molar-refractivity contribution >= 4 is 0 Å². The summed E-state index contributed by atoms with van der Waals surface area (Å²) in [4.78, 5) is 0. The number of rotatable bonds is 6. The molecule has 4 unspecified atom stereocenters. The van der Waals surface area contributed by atoms with Gasteiger partial charge in [-0.05, 0) is 55.5 Å². The summed E-state index contributed by atoms with van der Waals surface area (Å²) in [5.74, 6) is 2.15. The molecular weight excluding hydrogens is 208 g/mol. The van der Waals surface area contributed by atoms with Gasteiger partial charge in [-0.25, -0.2) is 0 Å². The molecule has 1 fully saturated rings. The van der Waals surface area contributed by atoms with Crippen LogP contribution in [0.25, 0.3) is 0 Å². The van der Waals surface area contributed by atoms with Crippen LogP contribution < -0.4 is 11.5 Å². The van der Waals surface area contributed by atoms with E-state index in [4.69, 9.17) is 11.5 Å². The zero-order chi connectivity index (χ0) is 12.9. The van der Waals surface area contributed by atoms with E-state index in [0.717, 1.165) is 19.0 Å². The molecule has 0 aromatic rings. The lowest BCUT2D eigenvalue weighted by atomic mass is 9.55. The molecule has 0 aromatic heterocycles. The molecule has 0 amide bonds. The zero-order valence-corrected chi connectivity index (χ0v) is 12.0. The lowest BCUT2D eigenvalue weighted by Crippen LogP contribution is -2.49. The van der Waals surface area contributed by atoms with Crippen LogP contribution in [0, 0.1) is 23.2 Å². The van der Waals surface area contributed by atoms with E-state index in [1.165, 1.54) is 38.5 Å². The first-order chi connectivity index (χ1) is 8.12. The van der Waals surface area contributed by atoms with E-state index >= 15 is 0 Å². The molecule has 17 heavy (non-hydrogen) atoms. The van der Waals surface area contributed by atoms with Gasteiger partial charge in [0.05, 0.1) is 0 Å². The van der Waals surface area contributed by atoms with Crippen LogP contribution in [-0.4, -0.2) is 13.1 Å². The Bertz CT molecular complexity index is 217. The number of nitrogens with two attached hydrogens (primary N) is 2. The second kappa shape index (κ2) is 6.75. The van der Waals surface area contributed by atoms with Crippen molar-refractivity contribution in [2.24, 2.45) is 34.6 Å². The summed E-state index contributed by atoms with van der Waals surface area (Å²) in [5.41, 5.74) is 12.5. The molecule has 0 saturated heterocycles. The second-order valence-electron chi connectivity index (χ2n) is 6.16. The third-order valence-corrected chi connectivity index (χ3v) is 5.49. The van der Waals surface area contributed by atoms with Gasteiger partial charge in [-0.1, -0.05) is 40.0 Å². The fraction of sp³-hybridized carbons (Fsp3) is 1.00. The van der Waals surface area contributed by atoms with E-state index in [2.05, 4.69) is 20.8 Å². The Morgan fingerprint density at radius 2 is 1.82 bits per heavy atom. The third-order valence-electron chi connectivity index (χ3n) is 5.49. The van der Waals surface area contributed by atoms with Crippen LogP contribution in [0.15, 0.2) is 0 Å². The highest BCUT2D eigenvalue weighted by Gasteiger charge is 2.45. The molecule has 102 valence electrons. The predicted molar refractivity (Wildman–Crippen MR) is 75.7 cm³/mol. The van der Waals surface area contributed by atoms with E-state index in [1.807, 2.05) is 0 Å². The average molecular weight is 240 g/mol. The minimum absolute atomic E-state index is 0.359. The van der Waals surface area contributed by atoms with Gasteiger partial charge in [-0.3, -0.25) is 0 Å². The highest BCUT2D eigenvalue weighted by Crippen LogP contribution is 2.50. The van der Waals surface area contributed by atoms with Gasteiger partial charge in [0.2, 0.25) is 0 Å². The summed E-state index contributed by atoms with van der Waals surface area (Å²) in [7, 11) is 0. The Kier molecular flexibility index (Phi) is 5.94. The van der Waals surface area contributed by atoms with Crippen molar-refractivity contribution in [1.29, 1.82) is 0 Å². The van der Waals surface area contributed by atoms with Crippen molar-refractivity contribution in [3.63, 3.8) is 0 Å². The summed E-state index contributed by atoms with van der Waals surface area (Å²) in [6, 6.07) is 0. The topological polar surface area (TPSA) is 52.0 Å². The first kappa shape index (κ1) is 15.0. The largest absolute Gasteiger partial charge is 0.330 e. The molecule has 0 bridgehead atoms. The molecule has 1 saturated carbocycles. The Morgan fingerprint density at radius 1 is 1.12 bits per heavy atom. The van der Waals surface area contributed by atoms with Crippen molar-refractivity contribution in [2.45, 2.75) is 59.3 Å². The summed E-state index contributed by atoms with van der Waals surface area (Å²) in [5, 5.41) is 0. The van der Waals surface area contributed by atoms with Gasteiger partial charge in [-0.15, -0.1) is 0 Å². The fourth-order valence-corrected chi connectivity index (χ4v) is 3.91. The highest BCUT2D eigenvalue weighted by atomic mass is 14.7. The van der Waals surface area contributed by atoms with E-state index in [1.54, 1.807) is 0 Å². The molecule has 1 aliphatic rings. The average Bonchev–Trinajstić information content (AvgIpc) is 2.34. The normalized spacial score (nSPS) is 38.3. The third kappa shape index (κ3) is 3.03. The van der Waals surface area contributed by atoms with Crippen LogP contribution in [0.4, 0.5) is 0 Å². The Labute approximate surface area is 108 Å². The van der Waals surface area contributed by atoms with Gasteiger partial charge in [-0.2, -0.15) is 0 Å². The van der Waals surface area contributed by atoms with E-state index in [0.29, 0.717) is 17.3 Å². The molecule has 0 heterocycles. The van der Waals surface area contributed by atoms with Crippen molar-refractivity contribution in [3.8, 4) is 0 Å². The summed E-state index contributed by atoms with van der Waals surface area (Å²) in [6.07, 6.45) is 7.89. The molecule has 0 spiro atoms. The van der Waals surface area contributed by atoms with Gasteiger partial charge >= 0.3 is 0 Å². The molecular formula is C15H32N2. The molecule has 0 radical (unpaired) electrons. The maximum Gasteiger partial charge on any atom is -0.00153 e. The summed E-state index contributed by atoms with van der Waals surface area (Å²) >= 11 is 0. The van der Waals surface area contributed by atoms with Crippen LogP contribution in [0.5, 0.6) is 0 Å². The van der Waals surface area contributed by atoms with Crippen molar-refractivity contribution in [2.75, 3.05) is 13.1 Å². The highest BCUT2D eigenvalue weighted by molar-refractivity contribution is 4.96. The van der Waals surface area contributed by atoms with Crippen LogP contribution in [-0.2, 0) is 0 Å². The molecule has 0 aliphatic heterocycles. The first-order valence-corrected chi connectivity index (χ1v) is 7.52. The van der Waals surface area contributed by atoms with Gasteiger partial charge in [0.1, 0.15) is 0 Å². The van der Waals surface area contributed by atoms with Crippen LogP contribution >= 0.6 is 0 Å². The SMILES string of the molecule is CCCCCC1(CN)C(C)CCC(CN)C1C. The molecule has 4 N–H and O–H groups in total. The fourth-order valence-electron chi connectivity index (χ4n) is 3.91. The van der Waals surface area contributed by atoms with E-state index in [9.17, 15) is 0 Å². The number of unbranched alkanes of at least 4 members (excludes halogenated alkanes) is 2. The lowest BCUT2D eigenvalue weighted by molar-refractivity contribution is 0.000165. The smallest absolute Gasteiger partial charge is 0.00153 e. The van der Waals surface area contributed by atoms with Crippen molar-refractivity contribution in [3.05, 3.63) is 0 Å². The minimum atomic E-state index is 0.359. The maximum atomic E-state index is 6.18. The Balaban J connectivity index is 2.75. The van der Waals surface area contributed by atoms with Gasteiger partial charge in [0.25, 0.3) is 0 Å². The lowest BCUT2D eigenvalue weighted by Gasteiger charge is -2.51. The van der Waals surface area contributed by atoms with Crippen LogP contribution in [0.3, 0.4) is 0 Å². The number of hydrogen-bond donors (Lipinski definition) is 2. The van der Waals surface area contributed by atoms with Gasteiger partial charge in [0, 0.05) is 0 Å². The molecule has 2 nitrogen and oxygen atoms in total. The first-order valence-electron chi connectivity index (χ1n) is 7.52. The Morgan fingerprint density at radius 3 is 2.35 bits per heavy atom. The van der Waals surface area contributed by atoms with Crippen molar-refractivity contribution in [1.82, 2.24) is 0 Å². The van der Waals surface area contributed by atoms with Crippen LogP contribution in [0.1, 0.15) is 59.3 Å². The molecule has 0 aromatic carbocycles. The maximum absolute atomic E-state index is 6.18. The van der Waals surface area contributed by atoms with Crippen molar-refractivity contribution < 1.29 is 0 Å². The van der Waals surface area contributed by atoms with E-state index in [-0.39, 0.29) is 0 Å². The predicted octanol–water partition coefficient (Wildman–Crippen LogP) is 3.15. The monoisotopic (exact) mass is 240 g/mol. The molecule has 4 atom stereocenters. The number of hydrogen-bond acceptors (Lipinski definition) is 2. The van der Waals surface area contributed by atoms with Gasteiger partial charge < -0.3 is 11.5 Å². The minimum Gasteiger partial charge on any atom is -0.330 e. The summed E-state index contributed by atoms with van der Waals surface area (Å²) in [6.45, 7) is 8.75. The molecule has 1 aliphatic carbocycles. The second-order valence-corrected chi connectivity index (χ2v) is 6.16. The molecule has 2 heteroatoms. The Hall–Kier alpha value is -0.0800. The quantitative estimate of drug-likeness (QED) is 0.701. The molecule has 1 rings (SSSR count). The van der Waals surface area contributed by atoms with E-state index < -0.39 is 0 Å². The van der Waals surface area contributed by atoms with Crippen LogP contribution in [0.2, 0.25) is 0 Å². The summed E-state index contributed by atoms with van der Waals surface area (Å²) < 4.78 is 0. The van der Waals surface area contributed by atoms with Gasteiger partial charge in [0.15, 0.2) is 0 Å². The standard InChI is InChI=1S/C15H32N2/c1-4-5-6-9-15(11-17)12(2)7-8-14(10-16)13(15)3/h12-14H,4-11,16-17H2,1-3H3.